The molecule has 0 aliphatic rings. The zero-order valence-corrected chi connectivity index (χ0v) is 17.3. The second-order valence-electron chi connectivity index (χ2n) is 6.40. The van der Waals surface area contributed by atoms with Gasteiger partial charge in [0.1, 0.15) is 0 Å². The predicted molar refractivity (Wildman–Crippen MR) is 120 cm³/mol. The Morgan fingerprint density at radius 3 is 2.55 bits per heavy atom. The monoisotopic (exact) mass is 415 g/mol. The van der Waals surface area contributed by atoms with Crippen molar-refractivity contribution in [2.45, 2.75) is 11.4 Å². The van der Waals surface area contributed by atoms with Crippen LogP contribution in [0.5, 0.6) is 0 Å². The Morgan fingerprint density at radius 2 is 1.86 bits per heavy atom. The summed E-state index contributed by atoms with van der Waals surface area (Å²) in [7, 11) is 0. The Labute approximate surface area is 177 Å². The van der Waals surface area contributed by atoms with Crippen LogP contribution < -0.4 is 4.90 Å². The van der Waals surface area contributed by atoms with Crippen molar-refractivity contribution in [1.29, 1.82) is 5.26 Å². The van der Waals surface area contributed by atoms with Crippen LogP contribution in [0, 0.1) is 11.3 Å². The molecule has 0 aliphatic carbocycles. The molecule has 142 valence electrons. The predicted octanol–water partition coefficient (Wildman–Crippen LogP) is 5.74. The first-order valence-electron chi connectivity index (χ1n) is 8.98. The highest BCUT2D eigenvalue weighted by Gasteiger charge is 2.22. The maximum Gasteiger partial charge on any atom is 0.260 e. The van der Waals surface area contributed by atoms with E-state index < -0.39 is 0 Å². The zero-order valence-electron chi connectivity index (χ0n) is 15.7. The van der Waals surface area contributed by atoms with Crippen LogP contribution in [-0.2, 0) is 6.54 Å². The first-order chi connectivity index (χ1) is 14.2. The van der Waals surface area contributed by atoms with Crippen LogP contribution in [0.1, 0.15) is 21.5 Å². The lowest BCUT2D eigenvalue weighted by atomic mass is 10.1. The molecule has 4 nitrogen and oxygen atoms in total. The first kappa shape index (κ1) is 19.2. The molecule has 4 rings (SSSR count). The summed E-state index contributed by atoms with van der Waals surface area (Å²) in [4.78, 5) is 21.0. The number of hydrogen-bond acceptors (Lipinski definition) is 5. The molecule has 0 unspecified atom stereocenters. The van der Waals surface area contributed by atoms with E-state index in [2.05, 4.69) is 12.1 Å². The molecule has 1 amide bonds. The maximum absolute atomic E-state index is 13.4. The van der Waals surface area contributed by atoms with E-state index in [-0.39, 0.29) is 5.91 Å². The lowest BCUT2D eigenvalue weighted by Crippen LogP contribution is -2.30. The van der Waals surface area contributed by atoms with Gasteiger partial charge in [0, 0.05) is 10.5 Å². The number of anilines is 1. The van der Waals surface area contributed by atoms with Crippen LogP contribution in [0.4, 0.5) is 5.13 Å². The Kier molecular flexibility index (Phi) is 5.61. The molecule has 0 atom stereocenters. The summed E-state index contributed by atoms with van der Waals surface area (Å²) in [6.45, 7) is 0.425. The van der Waals surface area contributed by atoms with Crippen LogP contribution in [-0.4, -0.2) is 17.1 Å². The largest absolute Gasteiger partial charge is 0.279 e. The van der Waals surface area contributed by atoms with Gasteiger partial charge in [-0.2, -0.15) is 5.26 Å². The van der Waals surface area contributed by atoms with E-state index in [0.29, 0.717) is 22.8 Å². The van der Waals surface area contributed by atoms with E-state index >= 15 is 0 Å². The summed E-state index contributed by atoms with van der Waals surface area (Å²) in [5.41, 5.74) is 2.97. The summed E-state index contributed by atoms with van der Waals surface area (Å²) in [6, 6.07) is 24.8. The second-order valence-corrected chi connectivity index (χ2v) is 8.28. The number of amides is 1. The topological polar surface area (TPSA) is 57.0 Å². The molecule has 6 heteroatoms. The van der Waals surface area contributed by atoms with Crippen LogP contribution in [0.25, 0.3) is 10.2 Å². The Hall–Kier alpha value is -3.14. The number of hydrogen-bond donors (Lipinski definition) is 0. The van der Waals surface area contributed by atoms with Crippen LogP contribution >= 0.6 is 23.1 Å². The van der Waals surface area contributed by atoms with E-state index in [9.17, 15) is 4.79 Å². The van der Waals surface area contributed by atoms with Crippen molar-refractivity contribution < 1.29 is 4.79 Å². The molecule has 0 N–H and O–H groups in total. The number of thiazole rings is 1. The van der Waals surface area contributed by atoms with Crippen molar-refractivity contribution in [1.82, 2.24) is 4.98 Å². The number of fused-ring (bicyclic) bond motifs is 1. The van der Waals surface area contributed by atoms with Gasteiger partial charge < -0.3 is 0 Å². The fourth-order valence-electron chi connectivity index (χ4n) is 2.97. The van der Waals surface area contributed by atoms with Gasteiger partial charge in [0.05, 0.1) is 28.4 Å². The summed E-state index contributed by atoms with van der Waals surface area (Å²) < 4.78 is 1.05. The van der Waals surface area contributed by atoms with Gasteiger partial charge in [-0.1, -0.05) is 41.7 Å². The molecule has 0 aliphatic heterocycles. The minimum absolute atomic E-state index is 0.137. The van der Waals surface area contributed by atoms with Crippen molar-refractivity contribution in [3.8, 4) is 6.07 Å². The molecule has 0 saturated heterocycles. The average molecular weight is 416 g/mol. The summed E-state index contributed by atoms with van der Waals surface area (Å²) in [6.07, 6.45) is 2.04. The van der Waals surface area contributed by atoms with E-state index in [1.807, 2.05) is 48.7 Å². The fourth-order valence-corrected chi connectivity index (χ4v) is 4.49. The van der Waals surface area contributed by atoms with Crippen LogP contribution in [0.15, 0.2) is 77.7 Å². The lowest BCUT2D eigenvalue weighted by Gasteiger charge is -2.20. The first-order valence-corrected chi connectivity index (χ1v) is 11.0. The molecule has 4 aromatic rings. The van der Waals surface area contributed by atoms with E-state index in [1.54, 1.807) is 40.9 Å². The van der Waals surface area contributed by atoms with Gasteiger partial charge >= 0.3 is 0 Å². The highest BCUT2D eigenvalue weighted by molar-refractivity contribution is 7.98. The highest BCUT2D eigenvalue weighted by Crippen LogP contribution is 2.33. The highest BCUT2D eigenvalue weighted by atomic mass is 32.2. The Morgan fingerprint density at radius 1 is 1.10 bits per heavy atom. The van der Waals surface area contributed by atoms with Crippen molar-refractivity contribution >= 4 is 44.4 Å². The Balaban J connectivity index is 1.75. The zero-order chi connectivity index (χ0) is 20.2. The molecule has 0 radical (unpaired) electrons. The number of rotatable bonds is 5. The van der Waals surface area contributed by atoms with Gasteiger partial charge in [-0.05, 0) is 54.3 Å². The maximum atomic E-state index is 13.4. The number of benzene rings is 3. The standard InChI is InChI=1S/C23H17N3OS2/c1-28-19-11-12-20-21(13-19)29-23(25-20)26(15-17-5-3-2-4-6-17)22(27)18-9-7-16(14-24)8-10-18/h2-13H,15H2,1H3. The number of thioether (sulfide) groups is 1. The minimum atomic E-state index is -0.137. The molecular weight excluding hydrogens is 398 g/mol. The smallest absolute Gasteiger partial charge is 0.260 e. The SMILES string of the molecule is CSc1ccc2nc(N(Cc3ccccc3)C(=O)c3ccc(C#N)cc3)sc2c1. The number of nitrogens with zero attached hydrogens (tertiary/aromatic N) is 3. The third-order valence-corrected chi connectivity index (χ3v) is 6.27. The average Bonchev–Trinajstić information content (AvgIpc) is 3.20. The van der Waals surface area contributed by atoms with Gasteiger partial charge in [0.25, 0.3) is 5.91 Å². The third-order valence-electron chi connectivity index (χ3n) is 4.50. The van der Waals surface area contributed by atoms with Crippen molar-refractivity contribution in [3.05, 3.63) is 89.5 Å². The molecule has 1 heterocycles. The summed E-state index contributed by atoms with van der Waals surface area (Å²) >= 11 is 3.20. The van der Waals surface area contributed by atoms with Crippen LogP contribution in [0.3, 0.4) is 0 Å². The molecule has 0 saturated carbocycles. The fraction of sp³-hybridized carbons (Fsp3) is 0.0870. The Bertz CT molecular complexity index is 1190. The summed E-state index contributed by atoms with van der Waals surface area (Å²) in [5.74, 6) is -0.137. The molecule has 0 spiro atoms. The number of nitriles is 1. The summed E-state index contributed by atoms with van der Waals surface area (Å²) in [5, 5.41) is 9.68. The number of carbonyl (C=O) groups is 1. The van der Waals surface area contributed by atoms with Gasteiger partial charge in [-0.3, -0.25) is 9.69 Å². The van der Waals surface area contributed by atoms with E-state index in [4.69, 9.17) is 10.2 Å². The number of aromatic nitrogens is 1. The molecule has 29 heavy (non-hydrogen) atoms. The molecule has 0 fully saturated rings. The second kappa shape index (κ2) is 8.48. The van der Waals surface area contributed by atoms with Gasteiger partial charge in [-0.25, -0.2) is 4.98 Å². The minimum Gasteiger partial charge on any atom is -0.279 e. The molecule has 1 aromatic heterocycles. The van der Waals surface area contributed by atoms with Crippen LogP contribution in [0.2, 0.25) is 0 Å². The quantitative estimate of drug-likeness (QED) is 0.390. The molecular formula is C23H17N3OS2. The van der Waals surface area contributed by atoms with Crippen molar-refractivity contribution in [3.63, 3.8) is 0 Å². The van der Waals surface area contributed by atoms with E-state index in [0.717, 1.165) is 15.8 Å². The van der Waals surface area contributed by atoms with Crippen molar-refractivity contribution in [2.75, 3.05) is 11.2 Å². The van der Waals surface area contributed by atoms with Crippen molar-refractivity contribution in [2.24, 2.45) is 0 Å². The molecule has 0 bridgehead atoms. The third kappa shape index (κ3) is 4.16. The van der Waals surface area contributed by atoms with Gasteiger partial charge in [-0.15, -0.1) is 11.8 Å². The molecule has 3 aromatic carbocycles. The van der Waals surface area contributed by atoms with Gasteiger partial charge in [0.2, 0.25) is 0 Å². The normalized spacial score (nSPS) is 10.6. The number of carbonyl (C=O) groups excluding carboxylic acids is 1. The van der Waals surface area contributed by atoms with E-state index in [1.165, 1.54) is 16.2 Å². The lowest BCUT2D eigenvalue weighted by molar-refractivity contribution is 0.0985. The van der Waals surface area contributed by atoms with Gasteiger partial charge in [0.15, 0.2) is 5.13 Å².